The maximum absolute atomic E-state index is 5.88. The van der Waals surface area contributed by atoms with E-state index in [4.69, 9.17) is 17.3 Å². The molecule has 3 rings (SSSR count). The molecule has 0 amide bonds. The molecule has 0 spiro atoms. The van der Waals surface area contributed by atoms with E-state index in [1.807, 2.05) is 23.3 Å². The fourth-order valence-electron chi connectivity index (χ4n) is 3.48. The van der Waals surface area contributed by atoms with E-state index in [0.717, 1.165) is 82.4 Å². The van der Waals surface area contributed by atoms with Gasteiger partial charge in [-0.05, 0) is 25.8 Å². The second kappa shape index (κ2) is 10.5. The second-order valence-corrected chi connectivity index (χ2v) is 7.37. The van der Waals surface area contributed by atoms with Crippen molar-refractivity contribution in [3.05, 3.63) is 18.6 Å². The Balaban J connectivity index is 1.85. The lowest BCUT2D eigenvalue weighted by Crippen LogP contribution is -2.51. The molecule has 3 heterocycles. The van der Waals surface area contributed by atoms with Gasteiger partial charge in [-0.3, -0.25) is 0 Å². The molecule has 0 aliphatic carbocycles. The molecule has 0 bridgehead atoms. The lowest BCUT2D eigenvalue weighted by atomic mass is 10.2. The van der Waals surface area contributed by atoms with Gasteiger partial charge in [-0.1, -0.05) is 5.11 Å². The molecule has 9 nitrogen and oxygen atoms in total. The van der Waals surface area contributed by atoms with Gasteiger partial charge in [0.05, 0.1) is 38.2 Å². The molecule has 0 unspecified atom stereocenters. The topological polar surface area (TPSA) is 108 Å². The number of nitrogens with two attached hydrogens (primary N) is 1. The Bertz CT molecular complexity index is 742. The quantitative estimate of drug-likeness (QED) is 0.330. The molecule has 0 saturated heterocycles. The Hall–Kier alpha value is -1.97. The molecule has 28 heavy (non-hydrogen) atoms. The van der Waals surface area contributed by atoms with Crippen molar-refractivity contribution in [3.63, 3.8) is 0 Å². The van der Waals surface area contributed by atoms with Gasteiger partial charge >= 0.3 is 5.95 Å². The van der Waals surface area contributed by atoms with Crippen molar-refractivity contribution < 1.29 is 10.3 Å². The summed E-state index contributed by atoms with van der Waals surface area (Å²) in [6.45, 7) is 6.13. The first-order valence-electron chi connectivity index (χ1n) is 10.1. The predicted molar refractivity (Wildman–Crippen MR) is 109 cm³/mol. The minimum atomic E-state index is 0.621. The molecule has 1 aliphatic heterocycles. The molecule has 154 valence electrons. The first-order chi connectivity index (χ1) is 13.8. The van der Waals surface area contributed by atoms with E-state index >= 15 is 0 Å². The fourth-order valence-corrected chi connectivity index (χ4v) is 3.60. The van der Waals surface area contributed by atoms with Crippen LogP contribution in [0.1, 0.15) is 25.7 Å². The summed E-state index contributed by atoms with van der Waals surface area (Å²) in [4.78, 5) is 2.35. The van der Waals surface area contributed by atoms with Gasteiger partial charge < -0.3 is 16.4 Å². The maximum Gasteiger partial charge on any atom is 0.421 e. The summed E-state index contributed by atoms with van der Waals surface area (Å²) in [6, 6.07) is 0. The van der Waals surface area contributed by atoms with Crippen molar-refractivity contribution in [1.82, 2.24) is 14.3 Å². The number of fused-ring (bicyclic) bond motifs is 1. The van der Waals surface area contributed by atoms with Crippen molar-refractivity contribution in [2.75, 3.05) is 37.0 Å². The normalized spacial score (nSPS) is 14.2. The molecule has 0 radical (unpaired) electrons. The van der Waals surface area contributed by atoms with Crippen molar-refractivity contribution in [1.29, 1.82) is 0 Å². The van der Waals surface area contributed by atoms with Crippen molar-refractivity contribution >= 4 is 29.1 Å². The average molecular weight is 410 g/mol. The number of halogens is 1. The molecular formula is C18H32ClN9+2. The third-order valence-electron chi connectivity index (χ3n) is 4.89. The van der Waals surface area contributed by atoms with Crippen LogP contribution in [0.15, 0.2) is 28.8 Å². The van der Waals surface area contributed by atoms with Crippen LogP contribution in [-0.2, 0) is 19.6 Å². The number of hydrogen-bond donors (Lipinski definition) is 2. The molecular weight excluding hydrogens is 378 g/mol. The monoisotopic (exact) mass is 409 g/mol. The van der Waals surface area contributed by atoms with E-state index in [0.29, 0.717) is 12.4 Å². The highest BCUT2D eigenvalue weighted by atomic mass is 35.5. The lowest BCUT2D eigenvalue weighted by molar-refractivity contribution is -0.683. The summed E-state index contributed by atoms with van der Waals surface area (Å²) < 4.78 is 6.23. The van der Waals surface area contributed by atoms with Crippen LogP contribution < -0.4 is 20.9 Å². The van der Waals surface area contributed by atoms with Crippen molar-refractivity contribution in [2.45, 2.75) is 45.3 Å². The molecule has 5 N–H and O–H groups in total. The number of quaternary nitrogens is 1. The number of aryl methyl sites for hydroxylation is 3. The van der Waals surface area contributed by atoms with E-state index in [9.17, 15) is 0 Å². The molecule has 0 atom stereocenters. The second-order valence-electron chi connectivity index (χ2n) is 6.99. The number of alkyl halides is 1. The Morgan fingerprint density at radius 2 is 2.11 bits per heavy atom. The molecule has 0 fully saturated rings. The lowest BCUT2D eigenvalue weighted by Gasteiger charge is -2.29. The molecule has 1 aliphatic rings. The van der Waals surface area contributed by atoms with Gasteiger partial charge in [0.1, 0.15) is 0 Å². The fraction of sp³-hybridized carbons (Fsp3) is 0.667. The SMILES string of the molecule is NCCCn1cc[n+](CCCCl)c1N=Nc1cnn2c1N(CCC[NH3+])CCC2. The van der Waals surface area contributed by atoms with Gasteiger partial charge in [-0.15, -0.1) is 11.6 Å². The number of aromatic nitrogens is 4. The Morgan fingerprint density at radius 3 is 2.89 bits per heavy atom. The highest BCUT2D eigenvalue weighted by molar-refractivity contribution is 6.17. The van der Waals surface area contributed by atoms with E-state index in [1.165, 1.54) is 0 Å². The molecule has 10 heteroatoms. The van der Waals surface area contributed by atoms with Gasteiger partial charge in [0.15, 0.2) is 11.5 Å². The van der Waals surface area contributed by atoms with Crippen LogP contribution >= 0.6 is 11.6 Å². The maximum atomic E-state index is 5.88. The zero-order valence-corrected chi connectivity index (χ0v) is 17.3. The van der Waals surface area contributed by atoms with Crippen LogP contribution in [0.5, 0.6) is 0 Å². The highest BCUT2D eigenvalue weighted by Crippen LogP contribution is 2.32. The summed E-state index contributed by atoms with van der Waals surface area (Å²) in [5, 5.41) is 13.7. The first kappa shape index (κ1) is 20.8. The van der Waals surface area contributed by atoms with Gasteiger partial charge in [0.25, 0.3) is 0 Å². The van der Waals surface area contributed by atoms with E-state index in [-0.39, 0.29) is 0 Å². The third-order valence-corrected chi connectivity index (χ3v) is 5.16. The van der Waals surface area contributed by atoms with Gasteiger partial charge in [0, 0.05) is 37.0 Å². The van der Waals surface area contributed by atoms with Crippen LogP contribution in [0, 0.1) is 0 Å². The van der Waals surface area contributed by atoms with Crippen molar-refractivity contribution in [3.8, 4) is 0 Å². The van der Waals surface area contributed by atoms with Crippen LogP contribution in [0.2, 0.25) is 0 Å². The molecule has 0 saturated carbocycles. The predicted octanol–water partition coefficient (Wildman–Crippen LogP) is 1.21. The zero-order chi connectivity index (χ0) is 19.8. The largest absolute Gasteiger partial charge is 0.421 e. The molecule has 2 aromatic rings. The zero-order valence-electron chi connectivity index (χ0n) is 16.5. The minimum absolute atomic E-state index is 0.621. The average Bonchev–Trinajstić information content (AvgIpc) is 3.31. The highest BCUT2D eigenvalue weighted by Gasteiger charge is 2.23. The Morgan fingerprint density at radius 1 is 1.21 bits per heavy atom. The van der Waals surface area contributed by atoms with Crippen LogP contribution in [0.4, 0.5) is 17.5 Å². The molecule has 2 aromatic heterocycles. The molecule has 0 aromatic carbocycles. The number of rotatable bonds is 11. The Kier molecular flexibility index (Phi) is 7.81. The van der Waals surface area contributed by atoms with E-state index in [2.05, 4.69) is 35.1 Å². The van der Waals surface area contributed by atoms with Gasteiger partial charge in [0.2, 0.25) is 0 Å². The summed E-state index contributed by atoms with van der Waals surface area (Å²) in [5.41, 5.74) is 10.5. The Labute approximate surface area is 171 Å². The first-order valence-corrected chi connectivity index (χ1v) is 10.7. The van der Waals surface area contributed by atoms with Crippen LogP contribution in [0.3, 0.4) is 0 Å². The van der Waals surface area contributed by atoms with Crippen LogP contribution in [0.25, 0.3) is 0 Å². The number of imidazole rings is 1. The van der Waals surface area contributed by atoms with E-state index < -0.39 is 0 Å². The van der Waals surface area contributed by atoms with Gasteiger partial charge in [-0.25, -0.2) is 13.8 Å². The number of anilines is 1. The summed E-state index contributed by atoms with van der Waals surface area (Å²) in [6.07, 6.45) is 9.83. The summed E-state index contributed by atoms with van der Waals surface area (Å²) in [5.74, 6) is 2.50. The number of azo groups is 1. The number of hydrogen-bond acceptors (Lipinski definition) is 5. The minimum Gasteiger partial charge on any atom is -0.358 e. The number of nitrogens with zero attached hydrogens (tertiary/aromatic N) is 7. The van der Waals surface area contributed by atoms with E-state index in [1.54, 1.807) is 0 Å². The summed E-state index contributed by atoms with van der Waals surface area (Å²) in [7, 11) is 0. The summed E-state index contributed by atoms with van der Waals surface area (Å²) >= 11 is 5.88. The third kappa shape index (κ3) is 4.89. The standard InChI is InChI=1S/C18H31ClN9/c19-5-1-8-26-13-14-27(10-3-7-21)18(26)24-23-16-15-22-28-12-4-11-25(17(16)28)9-2-6-20/h13-15H,1-12,20-21H2/q+1/p+1. The van der Waals surface area contributed by atoms with Crippen LogP contribution in [-0.4, -0.2) is 46.4 Å². The van der Waals surface area contributed by atoms with Crippen molar-refractivity contribution in [2.24, 2.45) is 16.0 Å². The van der Waals surface area contributed by atoms with Gasteiger partial charge in [-0.2, -0.15) is 5.10 Å². The smallest absolute Gasteiger partial charge is 0.358 e.